The van der Waals surface area contributed by atoms with E-state index in [0.717, 1.165) is 30.0 Å². The standard InChI is InChI=1S/C15H23NO2/c1-11-13(17-2)6-5-12(14(11)18-3)9-15(10-16)7-4-8-15/h5-6H,4,7-10,16H2,1-3H3. The van der Waals surface area contributed by atoms with Gasteiger partial charge in [0.05, 0.1) is 14.2 Å². The summed E-state index contributed by atoms with van der Waals surface area (Å²) in [6.07, 6.45) is 4.78. The van der Waals surface area contributed by atoms with Crippen LogP contribution in [0.5, 0.6) is 11.5 Å². The predicted octanol–water partition coefficient (Wildman–Crippen LogP) is 2.68. The average Bonchev–Trinajstić information content (AvgIpc) is 2.34. The van der Waals surface area contributed by atoms with Gasteiger partial charge >= 0.3 is 0 Å². The molecule has 0 spiro atoms. The molecule has 0 atom stereocenters. The van der Waals surface area contributed by atoms with E-state index in [1.165, 1.54) is 24.8 Å². The summed E-state index contributed by atoms with van der Waals surface area (Å²) in [7, 11) is 3.41. The Morgan fingerprint density at radius 2 is 1.94 bits per heavy atom. The summed E-state index contributed by atoms with van der Waals surface area (Å²) < 4.78 is 10.9. The highest BCUT2D eigenvalue weighted by Crippen LogP contribution is 2.45. The Labute approximate surface area is 109 Å². The number of benzene rings is 1. The van der Waals surface area contributed by atoms with Gasteiger partial charge in [0.15, 0.2) is 0 Å². The smallest absolute Gasteiger partial charge is 0.128 e. The van der Waals surface area contributed by atoms with Crippen LogP contribution in [0.15, 0.2) is 12.1 Å². The molecule has 2 rings (SSSR count). The molecule has 3 nitrogen and oxygen atoms in total. The predicted molar refractivity (Wildman–Crippen MR) is 73.3 cm³/mol. The van der Waals surface area contributed by atoms with E-state index in [4.69, 9.17) is 15.2 Å². The van der Waals surface area contributed by atoms with Crippen molar-refractivity contribution in [1.29, 1.82) is 0 Å². The summed E-state index contributed by atoms with van der Waals surface area (Å²) in [4.78, 5) is 0. The van der Waals surface area contributed by atoms with Gasteiger partial charge in [-0.1, -0.05) is 12.5 Å². The quantitative estimate of drug-likeness (QED) is 0.872. The van der Waals surface area contributed by atoms with E-state index in [2.05, 4.69) is 6.07 Å². The summed E-state index contributed by atoms with van der Waals surface area (Å²) in [6, 6.07) is 4.14. The highest BCUT2D eigenvalue weighted by molar-refractivity contribution is 5.49. The van der Waals surface area contributed by atoms with E-state index in [-0.39, 0.29) is 0 Å². The average molecular weight is 249 g/mol. The Kier molecular flexibility index (Phi) is 3.81. The topological polar surface area (TPSA) is 44.5 Å². The number of hydrogen-bond donors (Lipinski definition) is 1. The molecule has 0 radical (unpaired) electrons. The zero-order valence-corrected chi connectivity index (χ0v) is 11.6. The lowest BCUT2D eigenvalue weighted by atomic mass is 9.65. The molecule has 1 aromatic rings. The first-order chi connectivity index (χ1) is 8.65. The van der Waals surface area contributed by atoms with Crippen molar-refractivity contribution in [1.82, 2.24) is 0 Å². The van der Waals surface area contributed by atoms with Crippen LogP contribution >= 0.6 is 0 Å². The molecule has 1 saturated carbocycles. The fourth-order valence-electron chi connectivity index (χ4n) is 2.91. The third-order valence-electron chi connectivity index (χ3n) is 4.27. The Bertz CT molecular complexity index is 419. The molecule has 0 bridgehead atoms. The van der Waals surface area contributed by atoms with Gasteiger partial charge in [0.1, 0.15) is 11.5 Å². The van der Waals surface area contributed by atoms with Crippen LogP contribution < -0.4 is 15.2 Å². The molecular formula is C15H23NO2. The van der Waals surface area contributed by atoms with Crippen molar-refractivity contribution in [3.63, 3.8) is 0 Å². The van der Waals surface area contributed by atoms with Crippen molar-refractivity contribution in [3.8, 4) is 11.5 Å². The lowest BCUT2D eigenvalue weighted by molar-refractivity contribution is 0.143. The maximum atomic E-state index is 5.94. The molecule has 1 aliphatic rings. The second-order valence-electron chi connectivity index (χ2n) is 5.32. The molecule has 0 aromatic heterocycles. The molecule has 0 unspecified atom stereocenters. The second-order valence-corrected chi connectivity index (χ2v) is 5.32. The third-order valence-corrected chi connectivity index (χ3v) is 4.27. The van der Waals surface area contributed by atoms with Crippen LogP contribution in [0, 0.1) is 12.3 Å². The van der Waals surface area contributed by atoms with Gasteiger partial charge in [-0.15, -0.1) is 0 Å². The summed E-state index contributed by atoms with van der Waals surface area (Å²) in [6.45, 7) is 2.80. The fourth-order valence-corrected chi connectivity index (χ4v) is 2.91. The van der Waals surface area contributed by atoms with Gasteiger partial charge < -0.3 is 15.2 Å². The minimum Gasteiger partial charge on any atom is -0.496 e. The van der Waals surface area contributed by atoms with Crippen molar-refractivity contribution in [3.05, 3.63) is 23.3 Å². The molecule has 3 heteroatoms. The first-order valence-corrected chi connectivity index (χ1v) is 6.56. The zero-order chi connectivity index (χ0) is 13.2. The maximum absolute atomic E-state index is 5.94. The first kappa shape index (κ1) is 13.2. The largest absolute Gasteiger partial charge is 0.496 e. The Morgan fingerprint density at radius 1 is 1.22 bits per heavy atom. The van der Waals surface area contributed by atoms with Gasteiger partial charge in [0.2, 0.25) is 0 Å². The summed E-state index contributed by atoms with van der Waals surface area (Å²) in [5.41, 5.74) is 8.56. The molecule has 0 amide bonds. The Hall–Kier alpha value is -1.22. The first-order valence-electron chi connectivity index (χ1n) is 6.56. The molecule has 0 heterocycles. The Morgan fingerprint density at radius 3 is 2.39 bits per heavy atom. The van der Waals surface area contributed by atoms with Crippen molar-refractivity contribution in [2.24, 2.45) is 11.1 Å². The number of nitrogens with two attached hydrogens (primary N) is 1. The summed E-state index contributed by atoms with van der Waals surface area (Å²) in [5, 5.41) is 0. The fraction of sp³-hybridized carbons (Fsp3) is 0.600. The zero-order valence-electron chi connectivity index (χ0n) is 11.6. The van der Waals surface area contributed by atoms with Crippen molar-refractivity contribution < 1.29 is 9.47 Å². The van der Waals surface area contributed by atoms with Crippen LogP contribution in [-0.4, -0.2) is 20.8 Å². The van der Waals surface area contributed by atoms with Gasteiger partial charge in [0.25, 0.3) is 0 Å². The van der Waals surface area contributed by atoms with E-state index >= 15 is 0 Å². The molecule has 1 aliphatic carbocycles. The van der Waals surface area contributed by atoms with Crippen LogP contribution in [0.2, 0.25) is 0 Å². The van der Waals surface area contributed by atoms with Gasteiger partial charge in [-0.2, -0.15) is 0 Å². The molecular weight excluding hydrogens is 226 g/mol. The van der Waals surface area contributed by atoms with Crippen LogP contribution in [0.1, 0.15) is 30.4 Å². The molecule has 0 saturated heterocycles. The van der Waals surface area contributed by atoms with Gasteiger partial charge in [0, 0.05) is 5.56 Å². The van der Waals surface area contributed by atoms with Crippen LogP contribution in [0.3, 0.4) is 0 Å². The minimum absolute atomic E-state index is 0.300. The highest BCUT2D eigenvalue weighted by atomic mass is 16.5. The van der Waals surface area contributed by atoms with E-state index in [1.807, 2.05) is 13.0 Å². The molecule has 2 N–H and O–H groups in total. The van der Waals surface area contributed by atoms with Crippen molar-refractivity contribution >= 4 is 0 Å². The SMILES string of the molecule is COc1ccc(CC2(CN)CCC2)c(OC)c1C. The van der Waals surface area contributed by atoms with Gasteiger partial charge in [-0.25, -0.2) is 0 Å². The summed E-state index contributed by atoms with van der Waals surface area (Å²) in [5.74, 6) is 1.83. The van der Waals surface area contributed by atoms with E-state index in [1.54, 1.807) is 14.2 Å². The van der Waals surface area contributed by atoms with E-state index in [9.17, 15) is 0 Å². The van der Waals surface area contributed by atoms with Gasteiger partial charge in [-0.3, -0.25) is 0 Å². The van der Waals surface area contributed by atoms with Crippen molar-refractivity contribution in [2.75, 3.05) is 20.8 Å². The molecule has 1 fully saturated rings. The second kappa shape index (κ2) is 5.19. The van der Waals surface area contributed by atoms with Gasteiger partial charge in [-0.05, 0) is 49.8 Å². The molecule has 18 heavy (non-hydrogen) atoms. The van der Waals surface area contributed by atoms with Crippen LogP contribution in [-0.2, 0) is 6.42 Å². The monoisotopic (exact) mass is 249 g/mol. The number of rotatable bonds is 5. The van der Waals surface area contributed by atoms with Crippen LogP contribution in [0.25, 0.3) is 0 Å². The molecule has 0 aliphatic heterocycles. The number of hydrogen-bond acceptors (Lipinski definition) is 3. The molecule has 1 aromatic carbocycles. The lowest BCUT2D eigenvalue weighted by Gasteiger charge is -2.41. The van der Waals surface area contributed by atoms with E-state index < -0.39 is 0 Å². The highest BCUT2D eigenvalue weighted by Gasteiger charge is 2.36. The number of ether oxygens (including phenoxy) is 2. The van der Waals surface area contributed by atoms with Crippen molar-refractivity contribution in [2.45, 2.75) is 32.6 Å². The molecule has 100 valence electrons. The summed E-state index contributed by atoms with van der Waals surface area (Å²) >= 11 is 0. The Balaban J connectivity index is 2.30. The lowest BCUT2D eigenvalue weighted by Crippen LogP contribution is -2.39. The number of methoxy groups -OCH3 is 2. The normalized spacial score (nSPS) is 17.1. The van der Waals surface area contributed by atoms with E-state index in [0.29, 0.717) is 5.41 Å². The maximum Gasteiger partial charge on any atom is 0.128 e. The minimum atomic E-state index is 0.300. The third kappa shape index (κ3) is 2.19. The van der Waals surface area contributed by atoms with Crippen LogP contribution in [0.4, 0.5) is 0 Å².